The molecule has 14 heteroatoms. The van der Waals surface area contributed by atoms with Crippen molar-refractivity contribution in [3.63, 3.8) is 0 Å². The zero-order valence-electron chi connectivity index (χ0n) is 23.6. The highest BCUT2D eigenvalue weighted by molar-refractivity contribution is 5.95. The van der Waals surface area contributed by atoms with E-state index in [9.17, 15) is 30.3 Å². The molecule has 2 unspecified atom stereocenters. The first kappa shape index (κ1) is 29.2. The smallest absolute Gasteiger partial charge is 0.254 e. The first-order valence-corrected chi connectivity index (χ1v) is 13.8. The summed E-state index contributed by atoms with van der Waals surface area (Å²) in [5.41, 5.74) is 20.1. The largest absolute Gasteiger partial charge is 0.504 e. The van der Waals surface area contributed by atoms with Crippen LogP contribution in [0.1, 0.15) is 44.4 Å². The molecule has 226 valence electrons. The summed E-state index contributed by atoms with van der Waals surface area (Å²) in [4.78, 5) is 22.8. The zero-order valence-corrected chi connectivity index (χ0v) is 23.6. The summed E-state index contributed by atoms with van der Waals surface area (Å²) in [5, 5.41) is 60.9. The number of nitrogens with zero attached hydrogens (tertiary/aromatic N) is 8. The molecule has 0 saturated carbocycles. The minimum Gasteiger partial charge on any atom is -0.504 e. The second-order valence-corrected chi connectivity index (χ2v) is 11.0. The van der Waals surface area contributed by atoms with Crippen molar-refractivity contribution in [2.45, 2.75) is 24.7 Å². The number of rotatable bonds is 5. The number of carbonyl (C=O) groups is 1. The molecule has 5 N–H and O–H groups in total. The van der Waals surface area contributed by atoms with E-state index in [0.717, 1.165) is 0 Å². The molecular weight excluding hydrogens is 580 g/mol. The van der Waals surface area contributed by atoms with Crippen molar-refractivity contribution in [2.75, 3.05) is 13.1 Å². The predicted octanol–water partition coefficient (Wildman–Crippen LogP) is 5.84. The molecule has 2 aliphatic rings. The maximum Gasteiger partial charge on any atom is 0.254 e. The maximum atomic E-state index is 13.9. The van der Waals surface area contributed by atoms with Gasteiger partial charge in [-0.25, -0.2) is 0 Å². The van der Waals surface area contributed by atoms with Gasteiger partial charge in [0.2, 0.25) is 0 Å². The number of amides is 1. The van der Waals surface area contributed by atoms with Gasteiger partial charge in [-0.2, -0.15) is 0 Å². The van der Waals surface area contributed by atoms with Gasteiger partial charge in [-0.1, -0.05) is 46.6 Å². The van der Waals surface area contributed by atoms with Crippen LogP contribution in [0, 0.1) is 0 Å². The maximum absolute atomic E-state index is 13.9. The van der Waals surface area contributed by atoms with Gasteiger partial charge in [0.25, 0.3) is 5.91 Å². The van der Waals surface area contributed by atoms with E-state index in [4.69, 9.17) is 11.1 Å². The topological polar surface area (TPSA) is 222 Å². The zero-order chi connectivity index (χ0) is 31.9. The van der Waals surface area contributed by atoms with Crippen LogP contribution in [0.15, 0.2) is 83.0 Å². The van der Waals surface area contributed by atoms with Gasteiger partial charge < -0.3 is 30.4 Å². The number of aromatic hydroxyl groups is 4. The van der Waals surface area contributed by atoms with Crippen molar-refractivity contribution in [2.24, 2.45) is 10.2 Å². The van der Waals surface area contributed by atoms with Gasteiger partial charge in [-0.05, 0) is 75.3 Å². The molecule has 0 fully saturated rings. The Balaban J connectivity index is 1.50. The second-order valence-electron chi connectivity index (χ2n) is 11.0. The first-order chi connectivity index (χ1) is 21.6. The van der Waals surface area contributed by atoms with Crippen LogP contribution in [0.3, 0.4) is 0 Å². The van der Waals surface area contributed by atoms with Crippen molar-refractivity contribution in [1.29, 1.82) is 0 Å². The Hall–Kier alpha value is -5.91. The number of aliphatic hydroxyl groups excluding tert-OH is 1. The van der Waals surface area contributed by atoms with E-state index in [1.54, 1.807) is 34.1 Å². The molecule has 2 atom stereocenters. The van der Waals surface area contributed by atoms with Crippen molar-refractivity contribution in [3.05, 3.63) is 127 Å². The second kappa shape index (κ2) is 11.3. The third-order valence-electron chi connectivity index (χ3n) is 8.36. The fourth-order valence-electron chi connectivity index (χ4n) is 6.33. The molecule has 14 nitrogen and oxygen atoms in total. The fourth-order valence-corrected chi connectivity index (χ4v) is 6.33. The Labute approximate surface area is 255 Å². The van der Waals surface area contributed by atoms with Crippen LogP contribution in [-0.4, -0.2) is 54.3 Å². The van der Waals surface area contributed by atoms with Gasteiger partial charge in [0.15, 0.2) is 23.0 Å². The summed E-state index contributed by atoms with van der Waals surface area (Å²) in [6.07, 6.45) is -1.18. The number of carbonyl (C=O) groups excluding carboxylic acids is 1. The van der Waals surface area contributed by atoms with Gasteiger partial charge in [0.05, 0.1) is 5.41 Å². The van der Waals surface area contributed by atoms with E-state index < -0.39 is 11.6 Å². The van der Waals surface area contributed by atoms with Crippen molar-refractivity contribution in [3.8, 4) is 23.0 Å². The van der Waals surface area contributed by atoms with Crippen LogP contribution in [0.2, 0.25) is 0 Å². The van der Waals surface area contributed by atoms with Gasteiger partial charge >= 0.3 is 0 Å². The third kappa shape index (κ3) is 5.16. The Morgan fingerprint density at radius 2 is 1.22 bits per heavy atom. The Morgan fingerprint density at radius 3 is 1.76 bits per heavy atom. The van der Waals surface area contributed by atoms with Crippen LogP contribution < -0.4 is 0 Å². The molecule has 1 spiro atoms. The van der Waals surface area contributed by atoms with Crippen LogP contribution in [0.4, 0.5) is 11.4 Å². The Bertz CT molecular complexity index is 1920. The summed E-state index contributed by atoms with van der Waals surface area (Å²) in [5.74, 6) is -1.86. The lowest BCUT2D eigenvalue weighted by Crippen LogP contribution is -2.56. The SMILES string of the molecule is [N-]=[N+]=Nc1ccc(C(=O)N2Cc3cc(O)c(O)cc3C3(C2)CN(C(O)c2ccc(N=[N+]=[N-])cc2)Cc2cc(O)c(O)cc23)cc1. The predicted molar refractivity (Wildman–Crippen MR) is 161 cm³/mol. The van der Waals surface area contributed by atoms with E-state index in [1.807, 2.05) is 0 Å². The first-order valence-electron chi connectivity index (χ1n) is 13.8. The minimum atomic E-state index is -1.18. The van der Waals surface area contributed by atoms with Crippen LogP contribution in [0.25, 0.3) is 20.9 Å². The van der Waals surface area contributed by atoms with E-state index in [2.05, 4.69) is 20.1 Å². The van der Waals surface area contributed by atoms with Gasteiger partial charge in [-0.15, -0.1) is 0 Å². The number of phenolic OH excluding ortho intramolecular Hbond substituents is 4. The number of benzene rings is 4. The Morgan fingerprint density at radius 1 is 0.733 bits per heavy atom. The summed E-state index contributed by atoms with van der Waals surface area (Å²) in [6, 6.07) is 18.2. The van der Waals surface area contributed by atoms with Gasteiger partial charge in [-0.3, -0.25) is 9.69 Å². The van der Waals surface area contributed by atoms with Crippen molar-refractivity contribution in [1.82, 2.24) is 9.80 Å². The lowest BCUT2D eigenvalue weighted by molar-refractivity contribution is -0.0270. The van der Waals surface area contributed by atoms with E-state index in [1.165, 1.54) is 48.5 Å². The fraction of sp³-hybridized carbons (Fsp3) is 0.194. The molecule has 2 heterocycles. The molecule has 2 aliphatic heterocycles. The quantitative estimate of drug-likeness (QED) is 0.0806. The molecular formula is C31H26N8O6. The average molecular weight is 607 g/mol. The molecule has 0 radical (unpaired) electrons. The lowest BCUT2D eigenvalue weighted by atomic mass is 9.66. The normalized spacial score (nSPS) is 17.8. The molecule has 45 heavy (non-hydrogen) atoms. The van der Waals surface area contributed by atoms with Gasteiger partial charge in [0, 0.05) is 52.9 Å². The number of hydrogen-bond acceptors (Lipinski definition) is 9. The third-order valence-corrected chi connectivity index (χ3v) is 8.36. The molecule has 1 amide bonds. The molecule has 0 saturated heterocycles. The van der Waals surface area contributed by atoms with Crippen LogP contribution in [0.5, 0.6) is 23.0 Å². The minimum absolute atomic E-state index is 0.0391. The molecule has 6 rings (SSSR count). The molecule has 0 bridgehead atoms. The molecule has 0 aliphatic carbocycles. The monoisotopic (exact) mass is 606 g/mol. The van der Waals surface area contributed by atoms with Gasteiger partial charge in [0.1, 0.15) is 6.23 Å². The summed E-state index contributed by atoms with van der Waals surface area (Å²) < 4.78 is 0. The van der Waals surface area contributed by atoms with E-state index in [0.29, 0.717) is 44.8 Å². The molecule has 4 aromatic rings. The lowest BCUT2D eigenvalue weighted by Gasteiger charge is -2.51. The summed E-state index contributed by atoms with van der Waals surface area (Å²) in [7, 11) is 0. The highest BCUT2D eigenvalue weighted by Gasteiger charge is 2.49. The summed E-state index contributed by atoms with van der Waals surface area (Å²) >= 11 is 0. The van der Waals surface area contributed by atoms with Crippen molar-refractivity contribution >= 4 is 17.3 Å². The number of phenols is 4. The highest BCUT2D eigenvalue weighted by atomic mass is 16.3. The number of fused-ring (bicyclic) bond motifs is 4. The Kier molecular flexibility index (Phi) is 7.33. The number of azide groups is 2. The molecule has 4 aromatic carbocycles. The highest BCUT2D eigenvalue weighted by Crippen LogP contribution is 2.50. The van der Waals surface area contributed by atoms with E-state index >= 15 is 0 Å². The molecule has 0 aromatic heterocycles. The number of hydrogen-bond donors (Lipinski definition) is 5. The van der Waals surface area contributed by atoms with Crippen LogP contribution in [-0.2, 0) is 18.5 Å². The van der Waals surface area contributed by atoms with Crippen molar-refractivity contribution < 1.29 is 30.3 Å². The van der Waals surface area contributed by atoms with Crippen LogP contribution >= 0.6 is 0 Å². The average Bonchev–Trinajstić information content (AvgIpc) is 3.03. The standard InChI is InChI=1S/C31H26N8O6/c32-36-34-21-5-1-17(2-6-21)29(44)38-13-19-9-25(40)27(42)11-23(19)31(15-38)16-39(14-20-10-26(41)28(43)12-24(20)31)30(45)18-3-7-22(8-4-18)35-37-33/h1-12,29,40-44H,13-16H2. The number of aliphatic hydroxyl groups is 1. The van der Waals surface area contributed by atoms with E-state index in [-0.39, 0.29) is 55.1 Å². The summed E-state index contributed by atoms with van der Waals surface area (Å²) in [6.45, 7) is 0.362.